The van der Waals surface area contributed by atoms with Gasteiger partial charge in [-0.25, -0.2) is 4.98 Å². The monoisotopic (exact) mass is 449 g/mol. The first-order valence-electron chi connectivity index (χ1n) is 8.11. The molecule has 0 aliphatic carbocycles. The third-order valence-electron chi connectivity index (χ3n) is 3.97. The average molecular weight is 451 g/mol. The van der Waals surface area contributed by atoms with Gasteiger partial charge in [0.1, 0.15) is 24.1 Å². The summed E-state index contributed by atoms with van der Waals surface area (Å²) in [4.78, 5) is 7.91. The molecule has 10 heteroatoms. The van der Waals surface area contributed by atoms with E-state index in [1.54, 1.807) is 30.3 Å². The van der Waals surface area contributed by atoms with Crippen molar-refractivity contribution in [2.45, 2.75) is 6.61 Å². The topological polar surface area (TPSA) is 120 Å². The van der Waals surface area contributed by atoms with Gasteiger partial charge in [-0.15, -0.1) is 0 Å². The predicted molar refractivity (Wildman–Crippen MR) is 113 cm³/mol. The van der Waals surface area contributed by atoms with Gasteiger partial charge in [0, 0.05) is 27.2 Å². The Labute approximate surface area is 181 Å². The lowest BCUT2D eigenvalue weighted by Crippen LogP contribution is -2.05. The van der Waals surface area contributed by atoms with Crippen LogP contribution in [0, 0.1) is 11.3 Å². The van der Waals surface area contributed by atoms with E-state index in [9.17, 15) is 5.26 Å². The Bertz CT molecular complexity index is 1130. The van der Waals surface area contributed by atoms with Crippen molar-refractivity contribution >= 4 is 46.6 Å². The molecule has 0 aliphatic heterocycles. The number of rotatable bonds is 5. The molecule has 0 amide bonds. The number of nitrogens with zero attached hydrogens (tertiary/aromatic N) is 3. The Balaban J connectivity index is 2.00. The normalized spacial score (nSPS) is 10.4. The average Bonchev–Trinajstić information content (AvgIpc) is 2.67. The molecule has 0 atom stereocenters. The predicted octanol–water partition coefficient (Wildman–Crippen LogP) is 4.73. The Kier molecular flexibility index (Phi) is 6.18. The molecule has 148 valence electrons. The third-order valence-corrected chi connectivity index (χ3v) is 4.87. The second-order valence-electron chi connectivity index (χ2n) is 5.81. The van der Waals surface area contributed by atoms with Crippen LogP contribution in [0.3, 0.4) is 0 Å². The van der Waals surface area contributed by atoms with Crippen LogP contribution in [-0.2, 0) is 6.61 Å². The van der Waals surface area contributed by atoms with Crippen molar-refractivity contribution in [3.05, 3.63) is 56.5 Å². The highest BCUT2D eigenvalue weighted by Gasteiger charge is 2.19. The molecule has 0 saturated carbocycles. The Morgan fingerprint density at radius 2 is 1.79 bits per heavy atom. The molecule has 2 aromatic carbocycles. The van der Waals surface area contributed by atoms with E-state index in [0.29, 0.717) is 27.1 Å². The van der Waals surface area contributed by atoms with Crippen LogP contribution in [-0.4, -0.2) is 17.1 Å². The SMILES string of the molecule is COc1cc(-c2nc(N)nc(N)c2C#N)c(Cl)cc1OCc1ccc(Cl)cc1Cl. The first-order chi connectivity index (χ1) is 13.8. The molecule has 29 heavy (non-hydrogen) atoms. The van der Waals surface area contributed by atoms with Crippen molar-refractivity contribution in [3.8, 4) is 28.8 Å². The standard InChI is InChI=1S/C19H14Cl3N5O2/c1-28-15-5-11(17-12(7-23)18(24)27-19(25)26-17)14(22)6-16(15)29-8-9-2-3-10(20)4-13(9)21/h2-6H,8H2,1H3,(H4,24,25,26,27). The van der Waals surface area contributed by atoms with Crippen molar-refractivity contribution in [3.63, 3.8) is 0 Å². The Morgan fingerprint density at radius 3 is 2.45 bits per heavy atom. The van der Waals surface area contributed by atoms with Gasteiger partial charge >= 0.3 is 0 Å². The summed E-state index contributed by atoms with van der Waals surface area (Å²) in [5.74, 6) is 0.627. The van der Waals surface area contributed by atoms with Gasteiger partial charge in [-0.3, -0.25) is 0 Å². The number of benzene rings is 2. The first-order valence-corrected chi connectivity index (χ1v) is 9.25. The summed E-state index contributed by atoms with van der Waals surface area (Å²) in [7, 11) is 1.48. The minimum absolute atomic E-state index is 0.0391. The number of anilines is 2. The Hall–Kier alpha value is -2.92. The zero-order chi connectivity index (χ0) is 21.1. The number of aromatic nitrogens is 2. The number of nitriles is 1. The molecule has 0 saturated heterocycles. The number of nitrogen functional groups attached to an aromatic ring is 2. The summed E-state index contributed by atoms with van der Waals surface area (Å²) < 4.78 is 11.2. The number of nitrogens with two attached hydrogens (primary N) is 2. The minimum Gasteiger partial charge on any atom is -0.493 e. The second kappa shape index (κ2) is 8.62. The number of halogens is 3. The maximum absolute atomic E-state index is 9.41. The molecule has 3 rings (SSSR count). The molecule has 0 unspecified atom stereocenters. The van der Waals surface area contributed by atoms with Gasteiger partial charge in [0.05, 0.1) is 17.8 Å². The van der Waals surface area contributed by atoms with E-state index in [1.165, 1.54) is 7.11 Å². The minimum atomic E-state index is -0.0794. The lowest BCUT2D eigenvalue weighted by Gasteiger charge is -2.15. The van der Waals surface area contributed by atoms with E-state index >= 15 is 0 Å². The van der Waals surface area contributed by atoms with Crippen molar-refractivity contribution in [1.82, 2.24) is 9.97 Å². The van der Waals surface area contributed by atoms with Gasteiger partial charge in [0.2, 0.25) is 5.95 Å². The summed E-state index contributed by atoms with van der Waals surface area (Å²) in [6.07, 6.45) is 0. The van der Waals surface area contributed by atoms with Crippen molar-refractivity contribution in [1.29, 1.82) is 5.26 Å². The van der Waals surface area contributed by atoms with E-state index in [1.807, 2.05) is 6.07 Å². The Morgan fingerprint density at radius 1 is 1.03 bits per heavy atom. The van der Waals surface area contributed by atoms with Gasteiger partial charge in [-0.1, -0.05) is 40.9 Å². The summed E-state index contributed by atoms with van der Waals surface area (Å²) in [6.45, 7) is 0.166. The molecule has 4 N–H and O–H groups in total. The second-order valence-corrected chi connectivity index (χ2v) is 7.06. The smallest absolute Gasteiger partial charge is 0.222 e. The van der Waals surface area contributed by atoms with Gasteiger partial charge in [0.25, 0.3) is 0 Å². The first kappa shape index (κ1) is 20.8. The van der Waals surface area contributed by atoms with E-state index in [0.717, 1.165) is 5.56 Å². The van der Waals surface area contributed by atoms with Gasteiger partial charge in [-0.05, 0) is 18.2 Å². The molecule has 0 fully saturated rings. The fourth-order valence-corrected chi connectivity index (χ4v) is 3.29. The largest absolute Gasteiger partial charge is 0.493 e. The van der Waals surface area contributed by atoms with Crippen LogP contribution in [0.2, 0.25) is 15.1 Å². The van der Waals surface area contributed by atoms with Crippen molar-refractivity contribution in [2.24, 2.45) is 0 Å². The van der Waals surface area contributed by atoms with Crippen molar-refractivity contribution < 1.29 is 9.47 Å². The lowest BCUT2D eigenvalue weighted by atomic mass is 10.1. The summed E-state index contributed by atoms with van der Waals surface area (Å²) >= 11 is 18.5. The highest BCUT2D eigenvalue weighted by molar-refractivity contribution is 6.35. The maximum atomic E-state index is 9.41. The van der Waals surface area contributed by atoms with E-state index in [-0.39, 0.29) is 34.7 Å². The summed E-state index contributed by atoms with van der Waals surface area (Å²) in [5.41, 5.74) is 12.9. The van der Waals surface area contributed by atoms with E-state index in [4.69, 9.17) is 55.7 Å². The number of hydrogen-bond acceptors (Lipinski definition) is 7. The van der Waals surface area contributed by atoms with Crippen LogP contribution in [0.4, 0.5) is 11.8 Å². The van der Waals surface area contributed by atoms with Crippen LogP contribution in [0.5, 0.6) is 11.5 Å². The molecule has 1 heterocycles. The zero-order valence-corrected chi connectivity index (χ0v) is 17.3. The summed E-state index contributed by atoms with van der Waals surface area (Å²) in [6, 6.07) is 10.2. The quantitative estimate of drug-likeness (QED) is 0.576. The number of hydrogen-bond donors (Lipinski definition) is 2. The van der Waals surface area contributed by atoms with Gasteiger partial charge < -0.3 is 20.9 Å². The van der Waals surface area contributed by atoms with Gasteiger partial charge in [0.15, 0.2) is 11.5 Å². The molecule has 0 aliphatic rings. The zero-order valence-electron chi connectivity index (χ0n) is 15.0. The highest BCUT2D eigenvalue weighted by Crippen LogP contribution is 2.40. The van der Waals surface area contributed by atoms with Crippen LogP contribution in [0.1, 0.15) is 11.1 Å². The number of methoxy groups -OCH3 is 1. The van der Waals surface area contributed by atoms with E-state index in [2.05, 4.69) is 9.97 Å². The maximum Gasteiger partial charge on any atom is 0.222 e. The molecule has 7 nitrogen and oxygen atoms in total. The highest BCUT2D eigenvalue weighted by atomic mass is 35.5. The molecule has 3 aromatic rings. The molecule has 0 spiro atoms. The van der Waals surface area contributed by atoms with Gasteiger partial charge in [-0.2, -0.15) is 10.2 Å². The lowest BCUT2D eigenvalue weighted by molar-refractivity contribution is 0.284. The summed E-state index contributed by atoms with van der Waals surface area (Å²) in [5, 5.41) is 10.7. The van der Waals surface area contributed by atoms with Crippen LogP contribution < -0.4 is 20.9 Å². The number of ether oxygens (including phenoxy) is 2. The third kappa shape index (κ3) is 4.40. The molecule has 0 bridgehead atoms. The fourth-order valence-electron chi connectivity index (χ4n) is 2.58. The van der Waals surface area contributed by atoms with Crippen LogP contribution in [0.25, 0.3) is 11.3 Å². The van der Waals surface area contributed by atoms with Crippen LogP contribution in [0.15, 0.2) is 30.3 Å². The van der Waals surface area contributed by atoms with Crippen molar-refractivity contribution in [2.75, 3.05) is 18.6 Å². The van der Waals surface area contributed by atoms with E-state index < -0.39 is 0 Å². The van der Waals surface area contributed by atoms with Crippen LogP contribution >= 0.6 is 34.8 Å². The molecular formula is C19H14Cl3N5O2. The molecular weight excluding hydrogens is 437 g/mol. The molecule has 0 radical (unpaired) electrons. The fraction of sp³-hybridized carbons (Fsp3) is 0.105. The molecule has 1 aromatic heterocycles.